The van der Waals surface area contributed by atoms with Crippen LogP contribution in [0.25, 0.3) is 0 Å². The van der Waals surface area contributed by atoms with E-state index in [0.717, 1.165) is 12.0 Å². The lowest BCUT2D eigenvalue weighted by molar-refractivity contribution is 0.146. The molecular weight excluding hydrogens is 317 g/mol. The zero-order valence-corrected chi connectivity index (χ0v) is 13.8. The number of halogens is 1. The predicted octanol–water partition coefficient (Wildman–Crippen LogP) is 2.79. The maximum Gasteiger partial charge on any atom is 0.240 e. The molecule has 2 aromatic carbocycles. The minimum Gasteiger partial charge on any atom is -0.387 e. The molecule has 4 nitrogen and oxygen atoms in total. The molecule has 2 unspecified atom stereocenters. The number of sulfonamides is 1. The third-order valence-electron chi connectivity index (χ3n) is 3.64. The number of rotatable bonds is 6. The average Bonchev–Trinajstić information content (AvgIpc) is 2.54. The van der Waals surface area contributed by atoms with E-state index in [0.29, 0.717) is 5.56 Å². The first-order valence-electron chi connectivity index (χ1n) is 7.38. The molecule has 124 valence electrons. The van der Waals surface area contributed by atoms with E-state index in [2.05, 4.69) is 4.72 Å². The third kappa shape index (κ3) is 4.37. The van der Waals surface area contributed by atoms with Crippen LogP contribution in [0.15, 0.2) is 53.4 Å². The van der Waals surface area contributed by atoms with Crippen LogP contribution < -0.4 is 4.72 Å². The van der Waals surface area contributed by atoms with Crippen LogP contribution in [0.5, 0.6) is 0 Å². The van der Waals surface area contributed by atoms with Gasteiger partial charge in [0.15, 0.2) is 0 Å². The Balaban J connectivity index is 2.17. The van der Waals surface area contributed by atoms with E-state index in [1.165, 1.54) is 30.3 Å². The van der Waals surface area contributed by atoms with Crippen molar-refractivity contribution in [2.24, 2.45) is 0 Å². The van der Waals surface area contributed by atoms with Gasteiger partial charge in [0.1, 0.15) is 5.82 Å². The van der Waals surface area contributed by atoms with E-state index in [1.54, 1.807) is 19.1 Å². The van der Waals surface area contributed by atoms with Crippen LogP contribution in [0, 0.1) is 5.82 Å². The van der Waals surface area contributed by atoms with Gasteiger partial charge >= 0.3 is 0 Å². The number of aliphatic hydroxyl groups excluding tert-OH is 1. The van der Waals surface area contributed by atoms with Crippen LogP contribution in [-0.2, 0) is 16.4 Å². The Kier molecular flexibility index (Phi) is 5.51. The second-order valence-corrected chi connectivity index (χ2v) is 7.12. The van der Waals surface area contributed by atoms with E-state index in [-0.39, 0.29) is 4.90 Å². The highest BCUT2D eigenvalue weighted by atomic mass is 32.2. The van der Waals surface area contributed by atoms with E-state index in [1.807, 2.05) is 13.0 Å². The van der Waals surface area contributed by atoms with E-state index in [4.69, 9.17) is 0 Å². The lowest BCUT2D eigenvalue weighted by Gasteiger charge is -2.20. The van der Waals surface area contributed by atoms with Crippen molar-refractivity contribution in [2.45, 2.75) is 37.3 Å². The lowest BCUT2D eigenvalue weighted by atomic mass is 10.0. The third-order valence-corrected chi connectivity index (χ3v) is 5.20. The van der Waals surface area contributed by atoms with Crippen LogP contribution in [0.1, 0.15) is 31.1 Å². The summed E-state index contributed by atoms with van der Waals surface area (Å²) < 4.78 is 40.2. The fourth-order valence-electron chi connectivity index (χ4n) is 2.26. The summed E-state index contributed by atoms with van der Waals surface area (Å²) in [4.78, 5) is 0.162. The molecule has 0 amide bonds. The van der Waals surface area contributed by atoms with Crippen molar-refractivity contribution in [1.82, 2.24) is 4.72 Å². The number of nitrogens with one attached hydrogen (secondary N) is 1. The number of benzene rings is 2. The molecule has 2 aromatic rings. The van der Waals surface area contributed by atoms with Crippen LogP contribution in [0.3, 0.4) is 0 Å². The van der Waals surface area contributed by atoms with E-state index < -0.39 is 28.0 Å². The molecule has 0 spiro atoms. The molecule has 0 aliphatic carbocycles. The summed E-state index contributed by atoms with van der Waals surface area (Å²) in [6.45, 7) is 3.51. The van der Waals surface area contributed by atoms with Gasteiger partial charge in [0, 0.05) is 6.04 Å². The summed E-state index contributed by atoms with van der Waals surface area (Å²) in [7, 11) is -3.74. The second kappa shape index (κ2) is 7.21. The summed E-state index contributed by atoms with van der Waals surface area (Å²) in [5.74, 6) is -0.412. The van der Waals surface area contributed by atoms with Gasteiger partial charge in [-0.2, -0.15) is 0 Å². The predicted molar refractivity (Wildman–Crippen MR) is 87.0 cm³/mol. The second-order valence-electron chi connectivity index (χ2n) is 5.41. The fraction of sp³-hybridized carbons (Fsp3) is 0.294. The van der Waals surface area contributed by atoms with Crippen molar-refractivity contribution in [3.05, 3.63) is 65.5 Å². The Bertz CT molecular complexity index is 760. The van der Waals surface area contributed by atoms with E-state index >= 15 is 0 Å². The van der Waals surface area contributed by atoms with Gasteiger partial charge in [-0.25, -0.2) is 17.5 Å². The number of aryl methyl sites for hydroxylation is 1. The zero-order chi connectivity index (χ0) is 17.0. The molecule has 0 heterocycles. The van der Waals surface area contributed by atoms with Gasteiger partial charge in [0.05, 0.1) is 11.0 Å². The average molecular weight is 337 g/mol. The molecule has 2 rings (SSSR count). The summed E-state index contributed by atoms with van der Waals surface area (Å²) in [5, 5.41) is 10.2. The zero-order valence-electron chi connectivity index (χ0n) is 13.0. The number of hydrogen-bond donors (Lipinski definition) is 2. The molecule has 0 aromatic heterocycles. The summed E-state index contributed by atoms with van der Waals surface area (Å²) >= 11 is 0. The minimum absolute atomic E-state index is 0.162. The van der Waals surface area contributed by atoms with E-state index in [9.17, 15) is 17.9 Å². The normalized spacial score (nSPS) is 14.4. The molecule has 23 heavy (non-hydrogen) atoms. The van der Waals surface area contributed by atoms with Crippen LogP contribution in [0.2, 0.25) is 0 Å². The SMILES string of the molecule is CCc1cccc(S(=O)(=O)NC(C)C(O)c2ccc(F)cc2)c1. The quantitative estimate of drug-likeness (QED) is 0.852. The summed E-state index contributed by atoms with van der Waals surface area (Å²) in [6, 6.07) is 11.2. The van der Waals surface area contributed by atoms with Crippen molar-refractivity contribution in [3.63, 3.8) is 0 Å². The highest BCUT2D eigenvalue weighted by Crippen LogP contribution is 2.20. The van der Waals surface area contributed by atoms with Crippen molar-refractivity contribution in [2.75, 3.05) is 0 Å². The molecule has 0 aliphatic heterocycles. The first kappa shape index (κ1) is 17.6. The maximum atomic E-state index is 12.9. The van der Waals surface area contributed by atoms with Gasteiger partial charge in [-0.1, -0.05) is 31.2 Å². The molecule has 0 fully saturated rings. The van der Waals surface area contributed by atoms with Crippen molar-refractivity contribution >= 4 is 10.0 Å². The molecule has 0 aliphatic rings. The Morgan fingerprint density at radius 3 is 2.43 bits per heavy atom. The monoisotopic (exact) mass is 337 g/mol. The first-order chi connectivity index (χ1) is 10.8. The number of aliphatic hydroxyl groups is 1. The molecule has 0 radical (unpaired) electrons. The Hall–Kier alpha value is -1.76. The topological polar surface area (TPSA) is 66.4 Å². The van der Waals surface area contributed by atoms with Gasteiger partial charge in [-0.05, 0) is 48.7 Å². The molecule has 2 atom stereocenters. The largest absolute Gasteiger partial charge is 0.387 e. The fourth-order valence-corrected chi connectivity index (χ4v) is 3.58. The van der Waals surface area contributed by atoms with Gasteiger partial charge in [0.2, 0.25) is 10.0 Å². The smallest absolute Gasteiger partial charge is 0.240 e. The van der Waals surface area contributed by atoms with Crippen molar-refractivity contribution < 1.29 is 17.9 Å². The maximum absolute atomic E-state index is 12.9. The van der Waals surface area contributed by atoms with Gasteiger partial charge < -0.3 is 5.11 Å². The van der Waals surface area contributed by atoms with Gasteiger partial charge in [-0.15, -0.1) is 0 Å². The Morgan fingerprint density at radius 2 is 1.83 bits per heavy atom. The lowest BCUT2D eigenvalue weighted by Crippen LogP contribution is -2.37. The highest BCUT2D eigenvalue weighted by Gasteiger charge is 2.23. The molecule has 0 saturated carbocycles. The van der Waals surface area contributed by atoms with Crippen molar-refractivity contribution in [1.29, 1.82) is 0 Å². The van der Waals surface area contributed by atoms with Crippen LogP contribution in [0.4, 0.5) is 4.39 Å². The first-order valence-corrected chi connectivity index (χ1v) is 8.86. The highest BCUT2D eigenvalue weighted by molar-refractivity contribution is 7.89. The Labute approximate surface area is 136 Å². The Morgan fingerprint density at radius 1 is 1.17 bits per heavy atom. The number of hydrogen-bond acceptors (Lipinski definition) is 3. The van der Waals surface area contributed by atoms with Crippen molar-refractivity contribution in [3.8, 4) is 0 Å². The van der Waals surface area contributed by atoms with Crippen LogP contribution >= 0.6 is 0 Å². The molecule has 6 heteroatoms. The minimum atomic E-state index is -3.74. The molecule has 0 bridgehead atoms. The summed E-state index contributed by atoms with van der Waals surface area (Å²) in [5.41, 5.74) is 1.36. The van der Waals surface area contributed by atoms with Gasteiger partial charge in [0.25, 0.3) is 0 Å². The molecular formula is C17H20FNO3S. The molecule has 2 N–H and O–H groups in total. The van der Waals surface area contributed by atoms with Crippen LogP contribution in [-0.4, -0.2) is 19.6 Å². The van der Waals surface area contributed by atoms with Gasteiger partial charge in [-0.3, -0.25) is 0 Å². The molecule has 0 saturated heterocycles. The standard InChI is InChI=1S/C17H20FNO3S/c1-3-13-5-4-6-16(11-13)23(21,22)19-12(2)17(20)14-7-9-15(18)10-8-14/h4-12,17,19-20H,3H2,1-2H3. The summed E-state index contributed by atoms with van der Waals surface area (Å²) in [6.07, 6.45) is -0.336.